The van der Waals surface area contributed by atoms with E-state index in [4.69, 9.17) is 25.7 Å². The van der Waals surface area contributed by atoms with Gasteiger partial charge in [-0.1, -0.05) is 36.4 Å². The Balaban J connectivity index is 0.000000158. The van der Waals surface area contributed by atoms with E-state index in [0.717, 1.165) is 153 Å². The summed E-state index contributed by atoms with van der Waals surface area (Å²) in [5.41, 5.74) is 17.8. The highest BCUT2D eigenvalue weighted by Crippen LogP contribution is 2.60. The summed E-state index contributed by atoms with van der Waals surface area (Å²) < 4.78 is 28.1. The number of phenols is 1. The molecule has 0 atom stereocenters. The van der Waals surface area contributed by atoms with Gasteiger partial charge in [-0.25, -0.2) is 4.39 Å². The summed E-state index contributed by atoms with van der Waals surface area (Å²) in [6.45, 7) is 2.14. The Morgan fingerprint density at radius 1 is 0.638 bits per heavy atom. The fourth-order valence-corrected chi connectivity index (χ4v) is 13.4. The fourth-order valence-electron chi connectivity index (χ4n) is 13.4. The highest BCUT2D eigenvalue weighted by molar-refractivity contribution is 5.85. The number of esters is 2. The number of fused-ring (bicyclic) bond motifs is 9. The van der Waals surface area contributed by atoms with Crippen molar-refractivity contribution in [3.63, 3.8) is 0 Å². The third-order valence-electron chi connectivity index (χ3n) is 18.5. The van der Waals surface area contributed by atoms with Crippen LogP contribution in [0.3, 0.4) is 0 Å². The lowest BCUT2D eigenvalue weighted by molar-refractivity contribution is -0.160. The Morgan fingerprint density at radius 3 is 1.39 bits per heavy atom. The van der Waals surface area contributed by atoms with Crippen molar-refractivity contribution in [3.8, 4) is 5.75 Å². The number of halogens is 2. The van der Waals surface area contributed by atoms with Gasteiger partial charge in [0.2, 0.25) is 5.91 Å². The number of nitrogens with two attached hydrogens (primary N) is 2. The van der Waals surface area contributed by atoms with Gasteiger partial charge < -0.3 is 41.4 Å². The van der Waals surface area contributed by atoms with E-state index >= 15 is 0 Å². The lowest BCUT2D eigenvalue weighted by Crippen LogP contribution is -2.54. The maximum absolute atomic E-state index is 13.1. The van der Waals surface area contributed by atoms with Crippen molar-refractivity contribution in [2.45, 2.75) is 151 Å². The van der Waals surface area contributed by atoms with Crippen molar-refractivity contribution in [1.29, 1.82) is 0 Å². The molecule has 7 N–H and O–H groups in total. The molecule has 10 fully saturated rings. The van der Waals surface area contributed by atoms with Crippen molar-refractivity contribution in [2.24, 2.45) is 22.0 Å². The average Bonchev–Trinajstić information content (AvgIpc) is 3.41. The highest BCUT2D eigenvalue weighted by Gasteiger charge is 2.56. The normalized spacial score (nSPS) is 31.1. The second-order valence-corrected chi connectivity index (χ2v) is 21.6. The molecule has 1 aliphatic heterocycles. The van der Waals surface area contributed by atoms with Gasteiger partial charge in [0.05, 0.1) is 31.4 Å². The van der Waals surface area contributed by atoms with Crippen LogP contribution in [0, 0.1) is 16.2 Å². The molecule has 0 radical (unpaired) electrons. The second kappa shape index (κ2) is 21.8. The number of nitrogens with one attached hydrogen (secondary N) is 2. The molecule has 10 aliphatic rings. The molecule has 6 bridgehead atoms. The van der Waals surface area contributed by atoms with Gasteiger partial charge in [0.15, 0.2) is 0 Å². The Hall–Kier alpha value is -4.65. The Kier molecular flexibility index (Phi) is 16.5. The number of nitrogen functional groups attached to an aromatic ring is 1. The van der Waals surface area contributed by atoms with Crippen LogP contribution in [0.15, 0.2) is 84.7 Å². The molecular weight excluding hydrogens is 895 g/mol. The molecular formula is C56H76ClFN4O7. The Morgan fingerprint density at radius 2 is 1.01 bits per heavy atom. The first kappa shape index (κ1) is 52.2. The molecule has 0 unspecified atom stereocenters. The van der Waals surface area contributed by atoms with Crippen LogP contribution < -0.4 is 22.1 Å². The third-order valence-corrected chi connectivity index (χ3v) is 18.5. The molecule has 9 saturated carbocycles. The van der Waals surface area contributed by atoms with Crippen LogP contribution in [0.4, 0.5) is 15.8 Å². The molecule has 13 heteroatoms. The van der Waals surface area contributed by atoms with Crippen LogP contribution in [-0.2, 0) is 44.8 Å². The first-order valence-corrected chi connectivity index (χ1v) is 25.3. The summed E-state index contributed by atoms with van der Waals surface area (Å²) in [6.07, 6.45) is 20.7. The van der Waals surface area contributed by atoms with Crippen LogP contribution in [0.1, 0.15) is 145 Å². The predicted molar refractivity (Wildman–Crippen MR) is 271 cm³/mol. The number of rotatable bonds is 11. The van der Waals surface area contributed by atoms with E-state index in [-0.39, 0.29) is 75.3 Å². The predicted octanol–water partition coefficient (Wildman–Crippen LogP) is 10.4. The molecule has 376 valence electrons. The summed E-state index contributed by atoms with van der Waals surface area (Å²) in [4.78, 5) is 37.1. The number of hydrogen-bond donors (Lipinski definition) is 5. The van der Waals surface area contributed by atoms with Crippen LogP contribution in [-0.4, -0.2) is 69.5 Å². The molecule has 1 amide bonds. The van der Waals surface area contributed by atoms with Gasteiger partial charge in [0, 0.05) is 49.1 Å². The van der Waals surface area contributed by atoms with Crippen LogP contribution in [0.25, 0.3) is 0 Å². The number of benzene rings is 3. The van der Waals surface area contributed by atoms with Crippen molar-refractivity contribution < 1.29 is 38.1 Å². The van der Waals surface area contributed by atoms with E-state index in [1.807, 2.05) is 24.3 Å². The topological polar surface area (TPSA) is 175 Å². The van der Waals surface area contributed by atoms with E-state index in [1.165, 1.54) is 30.9 Å². The number of carbonyl (C=O) groups excluding carboxylic acids is 3. The Bertz CT molecular complexity index is 2100. The molecule has 3 aromatic rings. The number of carbonyl (C=O) groups is 3. The number of methoxy groups -OCH3 is 2. The molecule has 69 heavy (non-hydrogen) atoms. The lowest BCUT2D eigenvalue weighted by Gasteiger charge is -2.53. The van der Waals surface area contributed by atoms with E-state index in [1.54, 1.807) is 12.1 Å². The van der Waals surface area contributed by atoms with Gasteiger partial charge >= 0.3 is 11.9 Å². The van der Waals surface area contributed by atoms with Gasteiger partial charge in [0.1, 0.15) is 5.75 Å². The maximum Gasteiger partial charge on any atom is 0.311 e. The van der Waals surface area contributed by atoms with E-state index in [9.17, 15) is 23.9 Å². The molecule has 11 nitrogen and oxygen atoms in total. The summed E-state index contributed by atoms with van der Waals surface area (Å²) in [5.74, 6) is 0.569. The minimum atomic E-state index is -0.215. The monoisotopic (exact) mass is 971 g/mol. The zero-order chi connectivity index (χ0) is 48.0. The molecule has 13 rings (SSSR count). The zero-order valence-electron chi connectivity index (χ0n) is 40.9. The SMILES string of the molecule is COC(=O)C12CCC(c3ccc(N)cc3)(CC1)CC2.COC(=O)C12CCC(c3ccc(O)cc3)(CC1)CC2.Cl.NC/C(=C\F)CNc1ccc(C23CCC(C(=O)NC4CCOCC4)(CC2)CC3)cc1. The smallest absolute Gasteiger partial charge is 0.311 e. The van der Waals surface area contributed by atoms with Crippen molar-refractivity contribution >= 4 is 41.6 Å². The third kappa shape index (κ3) is 10.7. The van der Waals surface area contributed by atoms with Crippen molar-refractivity contribution in [2.75, 3.05) is 51.6 Å². The van der Waals surface area contributed by atoms with E-state index in [2.05, 4.69) is 47.0 Å². The molecule has 3 aromatic carbocycles. The Labute approximate surface area is 414 Å². The summed E-state index contributed by atoms with van der Waals surface area (Å²) in [6, 6.07) is 24.7. The standard InChI is InChI=1S/C24H34FN3O2.C16H21NO2.C16H20O3.ClH/c25-15-18(16-26)17-27-20-3-1-19(2-4-20)23-7-10-24(11-8-23,12-9-23)22(29)28-21-5-13-30-14-6-21;2*1-19-14(18)16-9-6-15(7-10-16,8-11-16)12-2-4-13(17)5-3-12;/h1-4,15,21,27H,5-14,16-17,26H2,(H,28,29);2-5H,6-11,17H2,1H3;2-5,17H,6-11H2,1H3;1H/b18-15+;;;. The molecule has 1 heterocycles. The second-order valence-electron chi connectivity index (χ2n) is 21.6. The highest BCUT2D eigenvalue weighted by atomic mass is 35.5. The first-order valence-electron chi connectivity index (χ1n) is 25.3. The van der Waals surface area contributed by atoms with Crippen LogP contribution in [0.5, 0.6) is 5.75 Å². The van der Waals surface area contributed by atoms with Gasteiger partial charge in [-0.3, -0.25) is 14.4 Å². The minimum Gasteiger partial charge on any atom is -0.508 e. The molecule has 0 aromatic heterocycles. The number of phenolic OH excluding ortho intramolecular Hbond substituents is 1. The number of aromatic hydroxyl groups is 1. The van der Waals surface area contributed by atoms with Crippen LogP contribution >= 0.6 is 12.4 Å². The van der Waals surface area contributed by atoms with E-state index in [0.29, 0.717) is 24.2 Å². The maximum atomic E-state index is 13.1. The molecule has 9 aliphatic carbocycles. The van der Waals surface area contributed by atoms with Crippen LogP contribution in [0.2, 0.25) is 0 Å². The lowest BCUT2D eigenvalue weighted by atomic mass is 9.51. The molecule has 1 saturated heterocycles. The number of anilines is 2. The van der Waals surface area contributed by atoms with Gasteiger partial charge in [-0.15, -0.1) is 12.4 Å². The summed E-state index contributed by atoms with van der Waals surface area (Å²) >= 11 is 0. The number of hydrogen-bond acceptors (Lipinski definition) is 10. The molecule has 0 spiro atoms. The average molecular weight is 972 g/mol. The number of ether oxygens (including phenoxy) is 3. The van der Waals surface area contributed by atoms with Gasteiger partial charge in [-0.05, 0) is 203 Å². The van der Waals surface area contributed by atoms with Gasteiger partial charge in [0.25, 0.3) is 0 Å². The van der Waals surface area contributed by atoms with Crippen molar-refractivity contribution in [3.05, 3.63) is 101 Å². The minimum absolute atomic E-state index is 0. The number of amides is 1. The van der Waals surface area contributed by atoms with Crippen molar-refractivity contribution in [1.82, 2.24) is 5.32 Å². The summed E-state index contributed by atoms with van der Waals surface area (Å²) in [7, 11) is 3.00. The first-order chi connectivity index (χ1) is 32.8. The van der Waals surface area contributed by atoms with E-state index < -0.39 is 0 Å². The quantitative estimate of drug-likeness (QED) is 0.0919. The fraction of sp³-hybridized carbons (Fsp3) is 0.589. The largest absolute Gasteiger partial charge is 0.508 e. The summed E-state index contributed by atoms with van der Waals surface area (Å²) in [5, 5.41) is 16.0. The van der Waals surface area contributed by atoms with Gasteiger partial charge in [-0.2, -0.15) is 0 Å². The zero-order valence-corrected chi connectivity index (χ0v) is 41.7.